The number of carbonyl (C=O) groups excluding carboxylic acids is 1. The number of amides is 1. The van der Waals surface area contributed by atoms with Crippen molar-refractivity contribution < 1.29 is 9.90 Å². The fourth-order valence-corrected chi connectivity index (χ4v) is 1.99. The molecule has 0 radical (unpaired) electrons. The summed E-state index contributed by atoms with van der Waals surface area (Å²) in [5.74, 6) is -0.250. The average molecular weight is 271 g/mol. The first kappa shape index (κ1) is 13.7. The number of nitrogen functional groups attached to an aromatic ring is 1. The number of phenolic OH excluding ortho intramolecular Hbond substituents is 1. The molecule has 5 heteroatoms. The highest BCUT2D eigenvalue weighted by atomic mass is 16.3. The third-order valence-electron chi connectivity index (χ3n) is 3.08. The van der Waals surface area contributed by atoms with Gasteiger partial charge in [-0.2, -0.15) is 0 Å². The lowest BCUT2D eigenvalue weighted by Crippen LogP contribution is -2.12. The zero-order valence-corrected chi connectivity index (χ0v) is 11.2. The predicted octanol–water partition coefficient (Wildman–Crippen LogP) is 1.99. The molecule has 5 nitrogen and oxygen atoms in total. The summed E-state index contributed by atoms with van der Waals surface area (Å²) in [4.78, 5) is 11.1. The molecule has 2 aromatic rings. The minimum absolute atomic E-state index is 0.192. The highest BCUT2D eigenvalue weighted by Gasteiger charge is 2.06. The van der Waals surface area contributed by atoms with Crippen LogP contribution in [0.5, 0.6) is 5.75 Å². The Morgan fingerprint density at radius 1 is 1.25 bits per heavy atom. The first-order valence-corrected chi connectivity index (χ1v) is 6.19. The maximum atomic E-state index is 11.1. The lowest BCUT2D eigenvalue weighted by molar-refractivity contribution is 0.1000. The summed E-state index contributed by atoms with van der Waals surface area (Å²) in [6.07, 6.45) is 0. The molecule has 2 rings (SSSR count). The summed E-state index contributed by atoms with van der Waals surface area (Å²) >= 11 is 0. The average Bonchev–Trinajstić information content (AvgIpc) is 2.39. The number of hydrogen-bond acceptors (Lipinski definition) is 4. The Morgan fingerprint density at radius 3 is 2.65 bits per heavy atom. The van der Waals surface area contributed by atoms with Crippen LogP contribution in [0.4, 0.5) is 11.4 Å². The Balaban J connectivity index is 2.13. The molecule has 0 aromatic heterocycles. The van der Waals surface area contributed by atoms with Crippen molar-refractivity contribution in [1.82, 2.24) is 0 Å². The zero-order valence-electron chi connectivity index (χ0n) is 11.2. The predicted molar refractivity (Wildman–Crippen MR) is 79.5 cm³/mol. The summed E-state index contributed by atoms with van der Waals surface area (Å²) in [5, 5.41) is 12.9. The summed E-state index contributed by atoms with van der Waals surface area (Å²) in [7, 11) is 0. The molecule has 0 fully saturated rings. The van der Waals surface area contributed by atoms with Gasteiger partial charge >= 0.3 is 0 Å². The molecule has 0 aliphatic carbocycles. The molecule has 0 atom stereocenters. The molecular formula is C15H17N3O2. The van der Waals surface area contributed by atoms with Crippen molar-refractivity contribution in [3.05, 3.63) is 53.1 Å². The van der Waals surface area contributed by atoms with Crippen LogP contribution < -0.4 is 16.8 Å². The molecule has 2 aromatic carbocycles. The van der Waals surface area contributed by atoms with Gasteiger partial charge < -0.3 is 21.9 Å². The van der Waals surface area contributed by atoms with Crippen molar-refractivity contribution in [3.8, 4) is 5.75 Å². The van der Waals surface area contributed by atoms with Crippen LogP contribution in [0.25, 0.3) is 0 Å². The van der Waals surface area contributed by atoms with Gasteiger partial charge in [0.15, 0.2) is 0 Å². The minimum atomic E-state index is -0.442. The molecule has 1 amide bonds. The molecule has 6 N–H and O–H groups in total. The second kappa shape index (κ2) is 5.52. The number of nitrogens with one attached hydrogen (secondary N) is 1. The van der Waals surface area contributed by atoms with Crippen LogP contribution in [0.3, 0.4) is 0 Å². The van der Waals surface area contributed by atoms with Gasteiger partial charge in [-0.05, 0) is 48.9 Å². The topological polar surface area (TPSA) is 101 Å². The van der Waals surface area contributed by atoms with Crippen molar-refractivity contribution in [2.75, 3.05) is 11.1 Å². The fourth-order valence-electron chi connectivity index (χ4n) is 1.99. The molecular weight excluding hydrogens is 254 g/mol. The third-order valence-corrected chi connectivity index (χ3v) is 3.08. The molecule has 0 bridgehead atoms. The van der Waals surface area contributed by atoms with Crippen LogP contribution in [0, 0.1) is 6.92 Å². The van der Waals surface area contributed by atoms with Crippen molar-refractivity contribution in [2.45, 2.75) is 13.5 Å². The van der Waals surface area contributed by atoms with E-state index >= 15 is 0 Å². The number of phenols is 1. The Kier molecular flexibility index (Phi) is 3.79. The maximum Gasteiger partial charge on any atom is 0.248 e. The van der Waals surface area contributed by atoms with E-state index in [4.69, 9.17) is 11.5 Å². The third kappa shape index (κ3) is 3.00. The van der Waals surface area contributed by atoms with E-state index in [1.807, 2.05) is 13.0 Å². The number of hydrogen-bond donors (Lipinski definition) is 4. The fraction of sp³-hybridized carbons (Fsp3) is 0.133. The van der Waals surface area contributed by atoms with E-state index < -0.39 is 5.91 Å². The SMILES string of the molecule is Cc1cc(NCc2cc(N)ccc2O)ccc1C(N)=O. The van der Waals surface area contributed by atoms with Gasteiger partial charge in [0.25, 0.3) is 0 Å². The Labute approximate surface area is 117 Å². The van der Waals surface area contributed by atoms with Crippen LogP contribution in [-0.2, 0) is 6.54 Å². The van der Waals surface area contributed by atoms with Crippen LogP contribution in [0.2, 0.25) is 0 Å². The van der Waals surface area contributed by atoms with Gasteiger partial charge in [0.2, 0.25) is 5.91 Å². The number of primary amides is 1. The minimum Gasteiger partial charge on any atom is -0.508 e. The van der Waals surface area contributed by atoms with Crippen molar-refractivity contribution >= 4 is 17.3 Å². The van der Waals surface area contributed by atoms with E-state index in [0.717, 1.165) is 11.3 Å². The monoisotopic (exact) mass is 271 g/mol. The summed E-state index contributed by atoms with van der Waals surface area (Å²) in [6, 6.07) is 10.2. The lowest BCUT2D eigenvalue weighted by Gasteiger charge is -2.10. The number of carbonyl (C=O) groups is 1. The largest absolute Gasteiger partial charge is 0.508 e. The van der Waals surface area contributed by atoms with Crippen LogP contribution in [0.15, 0.2) is 36.4 Å². The van der Waals surface area contributed by atoms with E-state index in [2.05, 4.69) is 5.32 Å². The molecule has 0 unspecified atom stereocenters. The molecule has 0 saturated heterocycles. The number of nitrogens with two attached hydrogens (primary N) is 2. The lowest BCUT2D eigenvalue weighted by atomic mass is 10.1. The summed E-state index contributed by atoms with van der Waals surface area (Å²) in [5.41, 5.74) is 14.4. The number of anilines is 2. The molecule has 0 saturated carbocycles. The van der Waals surface area contributed by atoms with E-state index in [9.17, 15) is 9.90 Å². The van der Waals surface area contributed by atoms with E-state index in [1.165, 1.54) is 0 Å². The van der Waals surface area contributed by atoms with Gasteiger partial charge in [0.05, 0.1) is 0 Å². The Hall–Kier alpha value is -2.69. The Bertz CT molecular complexity index is 654. The first-order chi connectivity index (χ1) is 9.47. The van der Waals surface area contributed by atoms with Crippen LogP contribution in [0.1, 0.15) is 21.5 Å². The van der Waals surface area contributed by atoms with Gasteiger partial charge in [-0.3, -0.25) is 4.79 Å². The number of benzene rings is 2. The van der Waals surface area contributed by atoms with E-state index in [0.29, 0.717) is 23.4 Å². The molecule has 0 aliphatic rings. The van der Waals surface area contributed by atoms with Crippen LogP contribution >= 0.6 is 0 Å². The normalized spacial score (nSPS) is 10.2. The highest BCUT2D eigenvalue weighted by molar-refractivity contribution is 5.94. The molecule has 104 valence electrons. The molecule has 0 spiro atoms. The van der Waals surface area contributed by atoms with Gasteiger partial charge in [-0.25, -0.2) is 0 Å². The van der Waals surface area contributed by atoms with Crippen molar-refractivity contribution in [3.63, 3.8) is 0 Å². The van der Waals surface area contributed by atoms with Gasteiger partial charge in [-0.1, -0.05) is 0 Å². The second-order valence-electron chi connectivity index (χ2n) is 4.64. The maximum absolute atomic E-state index is 11.1. The van der Waals surface area contributed by atoms with Gasteiger partial charge in [-0.15, -0.1) is 0 Å². The molecule has 0 heterocycles. The highest BCUT2D eigenvalue weighted by Crippen LogP contribution is 2.22. The van der Waals surface area contributed by atoms with Gasteiger partial charge in [0.1, 0.15) is 5.75 Å². The van der Waals surface area contributed by atoms with Crippen molar-refractivity contribution in [2.24, 2.45) is 5.73 Å². The van der Waals surface area contributed by atoms with E-state index in [-0.39, 0.29) is 5.75 Å². The zero-order chi connectivity index (χ0) is 14.7. The number of rotatable bonds is 4. The summed E-state index contributed by atoms with van der Waals surface area (Å²) < 4.78 is 0. The quantitative estimate of drug-likeness (QED) is 0.504. The summed E-state index contributed by atoms with van der Waals surface area (Å²) in [6.45, 7) is 2.26. The van der Waals surface area contributed by atoms with Crippen LogP contribution in [-0.4, -0.2) is 11.0 Å². The second-order valence-corrected chi connectivity index (χ2v) is 4.64. The molecule has 20 heavy (non-hydrogen) atoms. The number of aromatic hydroxyl groups is 1. The standard InChI is InChI=1S/C15H17N3O2/c1-9-6-12(3-4-13(9)15(17)20)18-8-10-7-11(16)2-5-14(10)19/h2-7,18-19H,8,16H2,1H3,(H2,17,20). The van der Waals surface area contributed by atoms with Crippen molar-refractivity contribution in [1.29, 1.82) is 0 Å². The number of aryl methyl sites for hydroxylation is 1. The van der Waals surface area contributed by atoms with E-state index in [1.54, 1.807) is 30.3 Å². The molecule has 0 aliphatic heterocycles. The van der Waals surface area contributed by atoms with Gasteiger partial charge in [0, 0.05) is 29.0 Å². The smallest absolute Gasteiger partial charge is 0.248 e. The first-order valence-electron chi connectivity index (χ1n) is 6.19. The Morgan fingerprint density at radius 2 is 2.00 bits per heavy atom.